The number of rotatable bonds is 5. The second kappa shape index (κ2) is 7.13. The molecule has 1 aromatic rings. The van der Waals surface area contributed by atoms with Crippen molar-refractivity contribution in [2.45, 2.75) is 32.4 Å². The molecule has 0 saturated carbocycles. The number of nitrogens with one attached hydrogen (secondary N) is 1. The van der Waals surface area contributed by atoms with Crippen LogP contribution in [0.3, 0.4) is 0 Å². The van der Waals surface area contributed by atoms with Crippen molar-refractivity contribution in [2.24, 2.45) is 0 Å². The van der Waals surface area contributed by atoms with Crippen molar-refractivity contribution < 1.29 is 4.74 Å². The molecule has 3 nitrogen and oxygen atoms in total. The largest absolute Gasteiger partial charge is 0.380 e. The quantitative estimate of drug-likeness (QED) is 0.898. The van der Waals surface area contributed by atoms with Gasteiger partial charge in [0.2, 0.25) is 0 Å². The molecule has 1 N–H and O–H groups in total. The van der Waals surface area contributed by atoms with Gasteiger partial charge in [-0.2, -0.15) is 0 Å². The third-order valence-electron chi connectivity index (χ3n) is 3.68. The minimum Gasteiger partial charge on any atom is -0.380 e. The Labute approximate surface area is 120 Å². The summed E-state index contributed by atoms with van der Waals surface area (Å²) in [6.07, 6.45) is 2.67. The van der Waals surface area contributed by atoms with E-state index in [1.165, 1.54) is 12.1 Å². The number of hydrogen-bond acceptors (Lipinski definition) is 3. The first kappa shape index (κ1) is 14.6. The molecule has 0 radical (unpaired) electrons. The third kappa shape index (κ3) is 3.85. The van der Waals surface area contributed by atoms with Gasteiger partial charge in [-0.05, 0) is 37.1 Å². The van der Waals surface area contributed by atoms with Crippen LogP contribution in [0, 0.1) is 0 Å². The maximum absolute atomic E-state index is 6.36. The van der Waals surface area contributed by atoms with Crippen LogP contribution in [0.5, 0.6) is 0 Å². The Kier molecular flexibility index (Phi) is 5.49. The van der Waals surface area contributed by atoms with Crippen molar-refractivity contribution >= 4 is 17.3 Å². The number of benzene rings is 1. The Morgan fingerprint density at radius 1 is 1.47 bits per heavy atom. The molecule has 1 atom stereocenters. The fourth-order valence-electron chi connectivity index (χ4n) is 2.50. The minimum atomic E-state index is 0.342. The van der Waals surface area contributed by atoms with Crippen LogP contribution in [-0.2, 0) is 11.3 Å². The van der Waals surface area contributed by atoms with Crippen LogP contribution in [0.1, 0.15) is 25.3 Å². The van der Waals surface area contributed by atoms with Gasteiger partial charge in [-0.1, -0.05) is 24.6 Å². The van der Waals surface area contributed by atoms with Gasteiger partial charge in [0.15, 0.2) is 0 Å². The molecule has 1 aromatic carbocycles. The molecule has 0 amide bonds. The molecule has 1 aliphatic rings. The lowest BCUT2D eigenvalue weighted by Crippen LogP contribution is -2.39. The minimum absolute atomic E-state index is 0.342. The van der Waals surface area contributed by atoms with E-state index in [2.05, 4.69) is 35.3 Å². The molecule has 0 aromatic heterocycles. The van der Waals surface area contributed by atoms with Crippen LogP contribution in [0.4, 0.5) is 5.69 Å². The smallest absolute Gasteiger partial charge is 0.0746 e. The molecule has 1 aliphatic heterocycles. The first-order valence-corrected chi connectivity index (χ1v) is 7.39. The van der Waals surface area contributed by atoms with E-state index >= 15 is 0 Å². The summed E-state index contributed by atoms with van der Waals surface area (Å²) in [7, 11) is 1.79. The molecule has 106 valence electrons. The summed E-state index contributed by atoms with van der Waals surface area (Å²) in [5, 5.41) is 4.15. The maximum atomic E-state index is 6.36. The highest BCUT2D eigenvalue weighted by Gasteiger charge is 2.20. The summed E-state index contributed by atoms with van der Waals surface area (Å²) in [4.78, 5) is 2.36. The van der Waals surface area contributed by atoms with E-state index in [1.807, 2.05) is 0 Å². The summed E-state index contributed by atoms with van der Waals surface area (Å²) in [6, 6.07) is 6.36. The third-order valence-corrected chi connectivity index (χ3v) is 4.03. The van der Waals surface area contributed by atoms with Gasteiger partial charge in [0.1, 0.15) is 0 Å². The molecular formula is C15H23ClN2O. The lowest BCUT2D eigenvalue weighted by Gasteiger charge is -2.33. The zero-order valence-corrected chi connectivity index (χ0v) is 12.5. The number of halogens is 1. The fourth-order valence-corrected chi connectivity index (χ4v) is 2.74. The average Bonchev–Trinajstić information content (AvgIpc) is 2.46. The molecule has 1 heterocycles. The Morgan fingerprint density at radius 2 is 2.32 bits per heavy atom. The van der Waals surface area contributed by atoms with Crippen molar-refractivity contribution in [3.8, 4) is 0 Å². The zero-order chi connectivity index (χ0) is 13.7. The van der Waals surface area contributed by atoms with Gasteiger partial charge in [-0.15, -0.1) is 0 Å². The number of ether oxygens (including phenoxy) is 1. The lowest BCUT2D eigenvalue weighted by atomic mass is 10.1. The predicted octanol–water partition coefficient (Wildman–Crippen LogP) is 3.06. The first-order chi connectivity index (χ1) is 9.24. The average molecular weight is 283 g/mol. The number of anilines is 1. The predicted molar refractivity (Wildman–Crippen MR) is 81.1 cm³/mol. The number of piperidine rings is 1. The fraction of sp³-hybridized carbons (Fsp3) is 0.600. The van der Waals surface area contributed by atoms with Gasteiger partial charge in [-0.3, -0.25) is 0 Å². The lowest BCUT2D eigenvalue weighted by molar-refractivity contribution is 0.0893. The molecule has 1 unspecified atom stereocenters. The molecule has 0 bridgehead atoms. The molecule has 1 fully saturated rings. The van der Waals surface area contributed by atoms with Crippen LogP contribution in [-0.4, -0.2) is 32.8 Å². The Morgan fingerprint density at radius 3 is 3.00 bits per heavy atom. The van der Waals surface area contributed by atoms with Crippen molar-refractivity contribution in [1.29, 1.82) is 0 Å². The van der Waals surface area contributed by atoms with E-state index in [-0.39, 0.29) is 0 Å². The van der Waals surface area contributed by atoms with Gasteiger partial charge in [0.25, 0.3) is 0 Å². The van der Waals surface area contributed by atoms with E-state index in [0.717, 1.165) is 43.2 Å². The van der Waals surface area contributed by atoms with E-state index in [0.29, 0.717) is 6.10 Å². The summed E-state index contributed by atoms with van der Waals surface area (Å²) in [6.45, 7) is 5.93. The van der Waals surface area contributed by atoms with Gasteiger partial charge < -0.3 is 15.0 Å². The first-order valence-electron chi connectivity index (χ1n) is 7.01. The highest BCUT2D eigenvalue weighted by Crippen LogP contribution is 2.26. The van der Waals surface area contributed by atoms with Gasteiger partial charge in [0.05, 0.1) is 6.10 Å². The van der Waals surface area contributed by atoms with Gasteiger partial charge in [0, 0.05) is 37.5 Å². The number of methoxy groups -OCH3 is 1. The molecule has 4 heteroatoms. The highest BCUT2D eigenvalue weighted by atomic mass is 35.5. The zero-order valence-electron chi connectivity index (χ0n) is 11.8. The van der Waals surface area contributed by atoms with E-state index in [9.17, 15) is 0 Å². The Balaban J connectivity index is 2.06. The van der Waals surface area contributed by atoms with Crippen molar-refractivity contribution in [2.75, 3.05) is 31.6 Å². The van der Waals surface area contributed by atoms with E-state index < -0.39 is 0 Å². The number of hydrogen-bond donors (Lipinski definition) is 1. The molecule has 0 spiro atoms. The summed E-state index contributed by atoms with van der Waals surface area (Å²) < 4.78 is 5.47. The summed E-state index contributed by atoms with van der Waals surface area (Å²) >= 11 is 6.36. The Bertz CT molecular complexity index is 411. The molecule has 2 rings (SSSR count). The topological polar surface area (TPSA) is 24.5 Å². The normalized spacial score (nSPS) is 19.7. The molecule has 19 heavy (non-hydrogen) atoms. The molecule has 1 saturated heterocycles. The highest BCUT2D eigenvalue weighted by molar-refractivity contribution is 6.31. The molecule has 0 aliphatic carbocycles. The summed E-state index contributed by atoms with van der Waals surface area (Å²) in [5.74, 6) is 0. The standard InChI is InChI=1S/C15H23ClN2O/c1-3-17-10-12-6-7-13(9-15(12)16)18-8-4-5-14(11-18)19-2/h6-7,9,14,17H,3-5,8,10-11H2,1-2H3. The number of nitrogens with zero attached hydrogens (tertiary/aromatic N) is 1. The summed E-state index contributed by atoms with van der Waals surface area (Å²) in [5.41, 5.74) is 2.36. The van der Waals surface area contributed by atoms with E-state index in [4.69, 9.17) is 16.3 Å². The van der Waals surface area contributed by atoms with Crippen LogP contribution >= 0.6 is 11.6 Å². The van der Waals surface area contributed by atoms with Crippen LogP contribution in [0.15, 0.2) is 18.2 Å². The van der Waals surface area contributed by atoms with E-state index in [1.54, 1.807) is 7.11 Å². The van der Waals surface area contributed by atoms with Crippen molar-refractivity contribution in [3.63, 3.8) is 0 Å². The van der Waals surface area contributed by atoms with Crippen LogP contribution in [0.25, 0.3) is 0 Å². The van der Waals surface area contributed by atoms with Crippen molar-refractivity contribution in [1.82, 2.24) is 5.32 Å². The monoisotopic (exact) mass is 282 g/mol. The SMILES string of the molecule is CCNCc1ccc(N2CCCC(OC)C2)cc1Cl. The van der Waals surface area contributed by atoms with Gasteiger partial charge in [-0.25, -0.2) is 0 Å². The van der Waals surface area contributed by atoms with Gasteiger partial charge >= 0.3 is 0 Å². The molecular weight excluding hydrogens is 260 g/mol. The van der Waals surface area contributed by atoms with Crippen LogP contribution in [0.2, 0.25) is 5.02 Å². The maximum Gasteiger partial charge on any atom is 0.0746 e. The van der Waals surface area contributed by atoms with Crippen LogP contribution < -0.4 is 10.2 Å². The second-order valence-electron chi connectivity index (χ2n) is 5.00. The Hall–Kier alpha value is -0.770. The van der Waals surface area contributed by atoms with Crippen molar-refractivity contribution in [3.05, 3.63) is 28.8 Å². The second-order valence-corrected chi connectivity index (χ2v) is 5.41.